The largest absolute Gasteiger partial charge is 0.445 e. The van der Waals surface area contributed by atoms with Crippen molar-refractivity contribution in [1.29, 1.82) is 0 Å². The van der Waals surface area contributed by atoms with Crippen molar-refractivity contribution >= 4 is 0 Å². The second-order valence-electron chi connectivity index (χ2n) is 3.72. The molecule has 0 aliphatic heterocycles. The van der Waals surface area contributed by atoms with Crippen LogP contribution in [0.1, 0.15) is 58.3 Å². The molecule has 0 radical (unpaired) electrons. The fraction of sp³-hybridized carbons (Fsp3) is 1.00. The number of rotatable bonds is 8. The van der Waals surface area contributed by atoms with Crippen LogP contribution in [0.5, 0.6) is 0 Å². The molecule has 2 heteroatoms. The molecule has 0 rings (SSSR count). The third kappa shape index (κ3) is 22.7. The van der Waals surface area contributed by atoms with Gasteiger partial charge in [0.25, 0.3) is 0 Å². The first-order valence-electron chi connectivity index (χ1n) is 6.06. The maximum Gasteiger partial charge on any atom is 0.143 e. The Hall–Kier alpha value is -0.0800. The van der Waals surface area contributed by atoms with Gasteiger partial charge in [-0.1, -0.05) is 45.4 Å². The molecule has 0 aromatic carbocycles. The van der Waals surface area contributed by atoms with Crippen LogP contribution in [0, 0.1) is 0 Å². The van der Waals surface area contributed by atoms with Crippen molar-refractivity contribution in [3.63, 3.8) is 0 Å². The number of hydrogen-bond acceptors (Lipinski definition) is 1. The Morgan fingerprint density at radius 1 is 0.786 bits per heavy atom. The minimum atomic E-state index is 0.620. The van der Waals surface area contributed by atoms with E-state index in [9.17, 15) is 0 Å². The minimum Gasteiger partial charge on any atom is -0.445 e. The Balaban J connectivity index is 0. The lowest BCUT2D eigenvalue weighted by molar-refractivity contribution is 0.282. The van der Waals surface area contributed by atoms with E-state index in [-0.39, 0.29) is 0 Å². The predicted molar refractivity (Wildman–Crippen MR) is 66.1 cm³/mol. The molecule has 0 saturated heterocycles. The third-order valence-electron chi connectivity index (χ3n) is 2.03. The summed E-state index contributed by atoms with van der Waals surface area (Å²) in [6, 6.07) is 0. The zero-order valence-electron chi connectivity index (χ0n) is 10.4. The summed E-state index contributed by atoms with van der Waals surface area (Å²) in [6.07, 6.45) is 10.7. The standard InChI is InChI=1S/C10H22O.C2H7N/c1-2-3-4-5-6-7-8-9-10-11;1-3-2/h11H,2-10H2,1H3;3H,1-2H3/p+1. The van der Waals surface area contributed by atoms with Crippen molar-refractivity contribution in [2.45, 2.75) is 58.3 Å². The first-order valence-corrected chi connectivity index (χ1v) is 6.06. The molecule has 0 aromatic rings. The molecule has 0 fully saturated rings. The summed E-state index contributed by atoms with van der Waals surface area (Å²) >= 11 is 0. The number of unbranched alkanes of at least 4 members (excludes halogenated alkanes) is 7. The van der Waals surface area contributed by atoms with Crippen molar-refractivity contribution in [3.05, 3.63) is 0 Å². The number of hydrogen-bond donors (Lipinski definition) is 1. The van der Waals surface area contributed by atoms with Gasteiger partial charge in [0.2, 0.25) is 0 Å². The fourth-order valence-corrected chi connectivity index (χ4v) is 1.26. The summed E-state index contributed by atoms with van der Waals surface area (Å²) in [6.45, 7) is 2.87. The SMILES string of the molecule is CCCCCCCCCC[OH2+].CNC. The van der Waals surface area contributed by atoms with Crippen molar-refractivity contribution in [2.75, 3.05) is 20.7 Å². The molecule has 2 nitrogen and oxygen atoms in total. The molecule has 0 saturated carbocycles. The Labute approximate surface area is 90.1 Å². The Morgan fingerprint density at radius 3 is 1.50 bits per heavy atom. The van der Waals surface area contributed by atoms with E-state index in [0.29, 0.717) is 6.61 Å². The zero-order valence-corrected chi connectivity index (χ0v) is 10.4. The van der Waals surface area contributed by atoms with Crippen LogP contribution >= 0.6 is 0 Å². The van der Waals surface area contributed by atoms with Crippen LogP contribution in [-0.4, -0.2) is 25.8 Å². The van der Waals surface area contributed by atoms with E-state index in [1.165, 1.54) is 44.9 Å². The number of nitrogens with one attached hydrogen (secondary N) is 1. The lowest BCUT2D eigenvalue weighted by Crippen LogP contribution is -1.89. The molecule has 0 aliphatic rings. The van der Waals surface area contributed by atoms with E-state index in [4.69, 9.17) is 5.11 Å². The summed E-state index contributed by atoms with van der Waals surface area (Å²) in [5.41, 5.74) is 0. The predicted octanol–water partition coefficient (Wildman–Crippen LogP) is 2.69. The second-order valence-corrected chi connectivity index (χ2v) is 3.72. The van der Waals surface area contributed by atoms with Crippen LogP contribution in [0.25, 0.3) is 0 Å². The van der Waals surface area contributed by atoms with Gasteiger partial charge in [-0.2, -0.15) is 0 Å². The Morgan fingerprint density at radius 2 is 1.14 bits per heavy atom. The van der Waals surface area contributed by atoms with Gasteiger partial charge in [-0.25, -0.2) is 0 Å². The highest BCUT2D eigenvalue weighted by Gasteiger charge is 1.90. The zero-order chi connectivity index (χ0) is 11.1. The first kappa shape index (κ1) is 16.4. The summed E-state index contributed by atoms with van der Waals surface area (Å²) in [7, 11) is 3.75. The van der Waals surface area contributed by atoms with Gasteiger partial charge < -0.3 is 10.4 Å². The van der Waals surface area contributed by atoms with E-state index >= 15 is 0 Å². The first-order chi connectivity index (χ1) is 6.83. The molecule has 0 unspecified atom stereocenters. The maximum atomic E-state index is 6.95. The third-order valence-corrected chi connectivity index (χ3v) is 2.03. The Kier molecular flexibility index (Phi) is 21.8. The lowest BCUT2D eigenvalue weighted by Gasteiger charge is -1.98. The van der Waals surface area contributed by atoms with Gasteiger partial charge >= 0.3 is 0 Å². The molecule has 0 amide bonds. The minimum absolute atomic E-state index is 0.620. The van der Waals surface area contributed by atoms with Gasteiger partial charge in [0.05, 0.1) is 0 Å². The highest BCUT2D eigenvalue weighted by atomic mass is 16.2. The van der Waals surface area contributed by atoms with Crippen LogP contribution in [-0.2, 0) is 0 Å². The quantitative estimate of drug-likeness (QED) is 0.479. The smallest absolute Gasteiger partial charge is 0.143 e. The van der Waals surface area contributed by atoms with E-state index in [2.05, 4.69) is 12.2 Å². The molecule has 0 spiro atoms. The molecule has 0 aliphatic carbocycles. The van der Waals surface area contributed by atoms with Gasteiger partial charge in [0, 0.05) is 6.42 Å². The van der Waals surface area contributed by atoms with Crippen LogP contribution in [0.3, 0.4) is 0 Å². The highest BCUT2D eigenvalue weighted by Crippen LogP contribution is 2.07. The van der Waals surface area contributed by atoms with Crippen LogP contribution in [0.2, 0.25) is 0 Å². The monoisotopic (exact) mass is 204 g/mol. The van der Waals surface area contributed by atoms with Gasteiger partial charge in [-0.3, -0.25) is 0 Å². The molecule has 88 valence electrons. The van der Waals surface area contributed by atoms with E-state index in [0.717, 1.165) is 6.42 Å². The maximum absolute atomic E-state index is 6.95. The van der Waals surface area contributed by atoms with Gasteiger partial charge in [-0.15, -0.1) is 0 Å². The van der Waals surface area contributed by atoms with Gasteiger partial charge in [0.15, 0.2) is 0 Å². The van der Waals surface area contributed by atoms with E-state index < -0.39 is 0 Å². The van der Waals surface area contributed by atoms with Crippen molar-refractivity contribution in [1.82, 2.24) is 5.32 Å². The van der Waals surface area contributed by atoms with Crippen molar-refractivity contribution < 1.29 is 5.11 Å². The normalized spacial score (nSPS) is 9.43. The Bertz CT molecular complexity index is 68.7. The fourth-order valence-electron chi connectivity index (χ4n) is 1.26. The van der Waals surface area contributed by atoms with E-state index in [1.54, 1.807) is 0 Å². The topological polar surface area (TPSA) is 34.9 Å². The highest BCUT2D eigenvalue weighted by molar-refractivity contribution is 4.44. The molecule has 0 bridgehead atoms. The molecule has 0 aromatic heterocycles. The van der Waals surface area contributed by atoms with Crippen LogP contribution < -0.4 is 5.32 Å². The van der Waals surface area contributed by atoms with Crippen molar-refractivity contribution in [2.24, 2.45) is 0 Å². The lowest BCUT2D eigenvalue weighted by atomic mass is 10.1. The molecular formula is C12H30NO+. The molecule has 3 N–H and O–H groups in total. The van der Waals surface area contributed by atoms with Crippen molar-refractivity contribution in [3.8, 4) is 0 Å². The van der Waals surface area contributed by atoms with E-state index in [1.807, 2.05) is 14.1 Å². The molecular weight excluding hydrogens is 174 g/mol. The average molecular weight is 204 g/mol. The van der Waals surface area contributed by atoms with Crippen LogP contribution in [0.15, 0.2) is 0 Å². The molecule has 14 heavy (non-hydrogen) atoms. The average Bonchev–Trinajstić information content (AvgIpc) is 2.18. The van der Waals surface area contributed by atoms with Gasteiger partial charge in [0.1, 0.15) is 6.61 Å². The summed E-state index contributed by atoms with van der Waals surface area (Å²) < 4.78 is 0. The second kappa shape index (κ2) is 18.7. The molecule has 0 atom stereocenters. The van der Waals surface area contributed by atoms with Gasteiger partial charge in [-0.05, 0) is 20.5 Å². The summed E-state index contributed by atoms with van der Waals surface area (Å²) in [5.74, 6) is 0. The van der Waals surface area contributed by atoms with Crippen LogP contribution in [0.4, 0.5) is 0 Å². The summed E-state index contributed by atoms with van der Waals surface area (Å²) in [4.78, 5) is 0. The summed E-state index contributed by atoms with van der Waals surface area (Å²) in [5, 5.41) is 9.70. The molecule has 0 heterocycles.